The molecule has 0 saturated carbocycles. The summed E-state index contributed by atoms with van der Waals surface area (Å²) in [4.78, 5) is 11.1. The molecule has 1 aromatic heterocycles. The first-order chi connectivity index (χ1) is 8.48. The number of nitrogens with one attached hydrogen (secondary N) is 1. The van der Waals surface area contributed by atoms with Gasteiger partial charge in [0.2, 0.25) is 0 Å². The monoisotopic (exact) mass is 256 g/mol. The van der Waals surface area contributed by atoms with Crippen molar-refractivity contribution in [1.29, 1.82) is 0 Å². The van der Waals surface area contributed by atoms with Crippen molar-refractivity contribution in [1.82, 2.24) is 5.43 Å². The molecule has 1 heterocycles. The molecule has 0 aliphatic rings. The molecule has 1 aromatic rings. The average molecular weight is 256 g/mol. The van der Waals surface area contributed by atoms with Gasteiger partial charge in [-0.15, -0.1) is 0 Å². The van der Waals surface area contributed by atoms with Crippen LogP contribution in [0.5, 0.6) is 0 Å². The van der Waals surface area contributed by atoms with E-state index in [0.29, 0.717) is 19.0 Å². The first-order valence-corrected chi connectivity index (χ1v) is 5.71. The molecule has 6 heteroatoms. The van der Waals surface area contributed by atoms with Gasteiger partial charge >= 0.3 is 5.91 Å². The van der Waals surface area contributed by atoms with Crippen LogP contribution in [0.4, 0.5) is 0 Å². The fourth-order valence-electron chi connectivity index (χ4n) is 1.24. The van der Waals surface area contributed by atoms with Crippen LogP contribution in [0.25, 0.3) is 0 Å². The zero-order chi connectivity index (χ0) is 13.6. The number of amides is 1. The second-order valence-corrected chi connectivity index (χ2v) is 4.51. The molecule has 0 spiro atoms. The van der Waals surface area contributed by atoms with E-state index in [1.54, 1.807) is 19.2 Å². The predicted molar refractivity (Wildman–Crippen MR) is 65.7 cm³/mol. The largest absolute Gasteiger partial charge is 0.453 e. The summed E-state index contributed by atoms with van der Waals surface area (Å²) in [6.45, 7) is 4.86. The lowest BCUT2D eigenvalue weighted by Gasteiger charge is -2.22. The van der Waals surface area contributed by atoms with E-state index in [9.17, 15) is 4.79 Å². The molecule has 3 N–H and O–H groups in total. The van der Waals surface area contributed by atoms with Crippen molar-refractivity contribution < 1.29 is 18.7 Å². The number of hydrazine groups is 1. The lowest BCUT2D eigenvalue weighted by molar-refractivity contribution is -0.0143. The molecule has 0 atom stereocenters. The lowest BCUT2D eigenvalue weighted by Crippen LogP contribution is -2.29. The summed E-state index contributed by atoms with van der Waals surface area (Å²) in [5.74, 6) is 5.30. The summed E-state index contributed by atoms with van der Waals surface area (Å²) in [6, 6.07) is 3.24. The summed E-state index contributed by atoms with van der Waals surface area (Å²) in [5, 5.41) is 0. The van der Waals surface area contributed by atoms with Gasteiger partial charge in [0.1, 0.15) is 12.4 Å². The molecule has 0 bridgehead atoms. The molecule has 0 saturated heterocycles. The maximum absolute atomic E-state index is 11.1. The average Bonchev–Trinajstić information content (AvgIpc) is 2.82. The standard InChI is InChI=1S/C12H20N2O4/c1-12(2,16-3)6-7-17-8-9-4-5-10(18-9)11(15)14-13/h4-5H,6-8,13H2,1-3H3,(H,14,15). The molecule has 0 aliphatic carbocycles. The number of hydrogen-bond donors (Lipinski definition) is 2. The fourth-order valence-corrected chi connectivity index (χ4v) is 1.24. The van der Waals surface area contributed by atoms with Gasteiger partial charge in [-0.3, -0.25) is 10.2 Å². The first-order valence-electron chi connectivity index (χ1n) is 5.71. The minimum Gasteiger partial charge on any atom is -0.453 e. The smallest absolute Gasteiger partial charge is 0.300 e. The molecule has 6 nitrogen and oxygen atoms in total. The molecule has 18 heavy (non-hydrogen) atoms. The third kappa shape index (κ3) is 4.48. The highest BCUT2D eigenvalue weighted by Gasteiger charge is 2.16. The Hall–Kier alpha value is -1.37. The molecule has 0 aliphatic heterocycles. The van der Waals surface area contributed by atoms with Crippen molar-refractivity contribution in [3.63, 3.8) is 0 Å². The summed E-state index contributed by atoms with van der Waals surface area (Å²) in [5.41, 5.74) is 1.80. The highest BCUT2D eigenvalue weighted by molar-refractivity contribution is 5.90. The zero-order valence-corrected chi connectivity index (χ0v) is 11.0. The maximum atomic E-state index is 11.1. The number of furan rings is 1. The molecular formula is C12H20N2O4. The highest BCUT2D eigenvalue weighted by Crippen LogP contribution is 2.14. The quantitative estimate of drug-likeness (QED) is 0.331. The second-order valence-electron chi connectivity index (χ2n) is 4.51. The number of methoxy groups -OCH3 is 1. The summed E-state index contributed by atoms with van der Waals surface area (Å²) >= 11 is 0. The van der Waals surface area contributed by atoms with Crippen LogP contribution in [0.1, 0.15) is 36.6 Å². The van der Waals surface area contributed by atoms with Crippen molar-refractivity contribution in [3.05, 3.63) is 23.7 Å². The predicted octanol–water partition coefficient (Wildman–Crippen LogP) is 1.21. The van der Waals surface area contributed by atoms with Gasteiger partial charge in [0.25, 0.3) is 0 Å². The Morgan fingerprint density at radius 1 is 1.50 bits per heavy atom. The van der Waals surface area contributed by atoms with E-state index in [-0.39, 0.29) is 11.4 Å². The van der Waals surface area contributed by atoms with Gasteiger partial charge in [-0.1, -0.05) is 0 Å². The number of hydrogen-bond acceptors (Lipinski definition) is 5. The molecule has 102 valence electrons. The van der Waals surface area contributed by atoms with Crippen molar-refractivity contribution in [2.75, 3.05) is 13.7 Å². The minimum absolute atomic E-state index is 0.174. The molecule has 0 unspecified atom stereocenters. The minimum atomic E-state index is -0.457. The topological polar surface area (TPSA) is 86.7 Å². The van der Waals surface area contributed by atoms with Gasteiger partial charge < -0.3 is 13.9 Å². The van der Waals surface area contributed by atoms with E-state index in [1.165, 1.54) is 0 Å². The van der Waals surface area contributed by atoms with E-state index < -0.39 is 5.91 Å². The Morgan fingerprint density at radius 2 is 2.22 bits per heavy atom. The van der Waals surface area contributed by atoms with Crippen molar-refractivity contribution in [3.8, 4) is 0 Å². The van der Waals surface area contributed by atoms with Gasteiger partial charge in [-0.05, 0) is 32.4 Å². The van der Waals surface area contributed by atoms with Crippen LogP contribution >= 0.6 is 0 Å². The van der Waals surface area contributed by atoms with E-state index >= 15 is 0 Å². The summed E-state index contributed by atoms with van der Waals surface area (Å²) in [7, 11) is 1.67. The van der Waals surface area contributed by atoms with Gasteiger partial charge in [-0.25, -0.2) is 5.84 Å². The van der Waals surface area contributed by atoms with Crippen LogP contribution in [0, 0.1) is 0 Å². The second kappa shape index (κ2) is 6.53. The summed E-state index contributed by atoms with van der Waals surface area (Å²) < 4.78 is 16.0. The molecule has 1 rings (SSSR count). The number of carbonyl (C=O) groups excluding carboxylic acids is 1. The van der Waals surface area contributed by atoms with Crippen LogP contribution in [-0.2, 0) is 16.1 Å². The van der Waals surface area contributed by atoms with Gasteiger partial charge in [0, 0.05) is 13.7 Å². The van der Waals surface area contributed by atoms with E-state index in [4.69, 9.17) is 19.7 Å². The van der Waals surface area contributed by atoms with Crippen LogP contribution < -0.4 is 11.3 Å². The van der Waals surface area contributed by atoms with Crippen molar-refractivity contribution >= 4 is 5.91 Å². The first kappa shape index (κ1) is 14.7. The van der Waals surface area contributed by atoms with E-state index in [2.05, 4.69) is 0 Å². The summed E-state index contributed by atoms with van der Waals surface area (Å²) in [6.07, 6.45) is 0.778. The molecule has 0 radical (unpaired) electrons. The van der Waals surface area contributed by atoms with Crippen LogP contribution in [-0.4, -0.2) is 25.2 Å². The van der Waals surface area contributed by atoms with Crippen molar-refractivity contribution in [2.24, 2.45) is 5.84 Å². The Bertz CT molecular complexity index is 387. The number of rotatable bonds is 7. The number of nitrogens with two attached hydrogens (primary N) is 1. The van der Waals surface area contributed by atoms with E-state index in [1.807, 2.05) is 19.3 Å². The Morgan fingerprint density at radius 3 is 2.83 bits per heavy atom. The Balaban J connectivity index is 2.32. The molecule has 1 amide bonds. The van der Waals surface area contributed by atoms with Crippen molar-refractivity contribution in [2.45, 2.75) is 32.5 Å². The van der Waals surface area contributed by atoms with Gasteiger partial charge in [0.15, 0.2) is 5.76 Å². The van der Waals surface area contributed by atoms with Crippen LogP contribution in [0.2, 0.25) is 0 Å². The van der Waals surface area contributed by atoms with Gasteiger partial charge in [-0.2, -0.15) is 0 Å². The SMILES string of the molecule is COC(C)(C)CCOCc1ccc(C(=O)NN)o1. The van der Waals surface area contributed by atoms with Gasteiger partial charge in [0.05, 0.1) is 5.60 Å². The van der Waals surface area contributed by atoms with E-state index in [0.717, 1.165) is 6.42 Å². The van der Waals surface area contributed by atoms with Crippen LogP contribution in [0.3, 0.4) is 0 Å². The fraction of sp³-hybridized carbons (Fsp3) is 0.583. The number of carbonyl (C=O) groups is 1. The molecular weight excluding hydrogens is 236 g/mol. The Kier molecular flexibility index (Phi) is 5.33. The Labute approximate surface area is 106 Å². The third-order valence-corrected chi connectivity index (χ3v) is 2.66. The molecule has 0 aromatic carbocycles. The number of nitrogen functional groups attached to an aromatic ring is 1. The normalized spacial score (nSPS) is 11.6. The maximum Gasteiger partial charge on any atom is 0.300 e. The lowest BCUT2D eigenvalue weighted by atomic mass is 10.1. The zero-order valence-electron chi connectivity index (χ0n) is 11.0. The highest BCUT2D eigenvalue weighted by atomic mass is 16.5. The third-order valence-electron chi connectivity index (χ3n) is 2.66. The van der Waals surface area contributed by atoms with Crippen LogP contribution in [0.15, 0.2) is 16.5 Å². The molecule has 0 fully saturated rings. The number of ether oxygens (including phenoxy) is 2.